The molecule has 0 saturated carbocycles. The number of nitro groups is 2. The molecule has 0 bridgehead atoms. The molecule has 1 aliphatic carbocycles. The maximum Gasteiger partial charge on any atom is 0.264 e. The van der Waals surface area contributed by atoms with Crippen LogP contribution in [0.1, 0.15) is 36.8 Å². The van der Waals surface area contributed by atoms with Gasteiger partial charge >= 0.3 is 0 Å². The summed E-state index contributed by atoms with van der Waals surface area (Å²) < 4.78 is 0. The van der Waals surface area contributed by atoms with E-state index in [0.29, 0.717) is 23.1 Å². The van der Waals surface area contributed by atoms with Gasteiger partial charge in [-0.1, -0.05) is 73.7 Å². The summed E-state index contributed by atoms with van der Waals surface area (Å²) in [6, 6.07) is 17.1. The second kappa shape index (κ2) is 7.95. The monoisotopic (exact) mass is 364 g/mol. The Morgan fingerprint density at radius 3 is 2.11 bits per heavy atom. The third-order valence-corrected chi connectivity index (χ3v) is 4.93. The Hall–Kier alpha value is -3.28. The summed E-state index contributed by atoms with van der Waals surface area (Å²) in [6.45, 7) is 1.85. The Morgan fingerprint density at radius 2 is 1.59 bits per heavy atom. The predicted molar refractivity (Wildman–Crippen MR) is 103 cm³/mol. The van der Waals surface area contributed by atoms with Gasteiger partial charge in [0, 0.05) is 16.9 Å². The van der Waals surface area contributed by atoms with Gasteiger partial charge in [0.05, 0.1) is 4.92 Å². The van der Waals surface area contributed by atoms with Crippen LogP contribution in [0.5, 0.6) is 0 Å². The van der Waals surface area contributed by atoms with E-state index in [1.807, 2.05) is 43.3 Å². The zero-order valence-corrected chi connectivity index (χ0v) is 14.9. The number of rotatable bonds is 5. The number of hydrogen-bond donors (Lipinski definition) is 0. The zero-order valence-electron chi connectivity index (χ0n) is 14.9. The van der Waals surface area contributed by atoms with E-state index >= 15 is 0 Å². The molecule has 0 fully saturated rings. The average Bonchev–Trinajstić information content (AvgIpc) is 2.68. The molecule has 0 radical (unpaired) electrons. The Kier molecular flexibility index (Phi) is 5.45. The van der Waals surface area contributed by atoms with Crippen LogP contribution in [0.2, 0.25) is 0 Å². The third-order valence-electron chi connectivity index (χ3n) is 4.93. The normalized spacial score (nSPS) is 21.3. The lowest BCUT2D eigenvalue weighted by atomic mass is 9.75. The smallest absolute Gasteiger partial charge is 0.264 e. The highest BCUT2D eigenvalue weighted by molar-refractivity contribution is 5.61. The maximum atomic E-state index is 12.0. The van der Waals surface area contributed by atoms with Crippen LogP contribution in [-0.2, 0) is 0 Å². The topological polar surface area (TPSA) is 86.3 Å². The summed E-state index contributed by atoms with van der Waals surface area (Å²) >= 11 is 0. The molecule has 2 aromatic rings. The van der Waals surface area contributed by atoms with Gasteiger partial charge in [-0.05, 0) is 23.1 Å². The molecule has 3 rings (SSSR count). The van der Waals surface area contributed by atoms with E-state index in [2.05, 4.69) is 0 Å². The average molecular weight is 364 g/mol. The van der Waals surface area contributed by atoms with Crippen molar-refractivity contribution >= 4 is 6.08 Å². The zero-order chi connectivity index (χ0) is 19.4. The van der Waals surface area contributed by atoms with Crippen LogP contribution in [0.3, 0.4) is 0 Å². The highest BCUT2D eigenvalue weighted by Crippen LogP contribution is 2.43. The van der Waals surface area contributed by atoms with Crippen LogP contribution in [-0.4, -0.2) is 15.9 Å². The van der Waals surface area contributed by atoms with Crippen LogP contribution < -0.4 is 0 Å². The molecule has 2 atom stereocenters. The molecule has 6 heteroatoms. The number of hydrogen-bond acceptors (Lipinski definition) is 4. The minimum Gasteiger partial charge on any atom is -0.264 e. The molecule has 0 saturated heterocycles. The van der Waals surface area contributed by atoms with Crippen LogP contribution in [0.25, 0.3) is 6.08 Å². The lowest BCUT2D eigenvalue weighted by molar-refractivity contribution is -0.535. The SMILES string of the molecule is CCC1=C([N+](=O)[O-])C(c2ccccc2)C([N+](=O)[O-])C/C1=C/c1ccccc1. The van der Waals surface area contributed by atoms with Crippen molar-refractivity contribution in [3.63, 3.8) is 0 Å². The highest BCUT2D eigenvalue weighted by atomic mass is 16.6. The predicted octanol–water partition coefficient (Wildman–Crippen LogP) is 4.84. The van der Waals surface area contributed by atoms with E-state index in [1.54, 1.807) is 30.3 Å². The standard InChI is InChI=1S/C21H20N2O4/c1-2-18-17(13-15-9-5-3-6-10-15)14-19(22(24)25)20(21(18)23(26)27)16-11-7-4-8-12-16/h3-13,19-20H,2,14H2,1H3/b17-13-. The number of nitrogens with zero attached hydrogens (tertiary/aromatic N) is 2. The summed E-state index contributed by atoms with van der Waals surface area (Å²) in [6.07, 6.45) is 2.45. The second-order valence-electron chi connectivity index (χ2n) is 6.50. The molecule has 138 valence electrons. The summed E-state index contributed by atoms with van der Waals surface area (Å²) in [7, 11) is 0. The van der Waals surface area contributed by atoms with E-state index in [1.165, 1.54) is 0 Å². The van der Waals surface area contributed by atoms with Crippen molar-refractivity contribution in [1.82, 2.24) is 0 Å². The van der Waals surface area contributed by atoms with Gasteiger partial charge in [-0.3, -0.25) is 20.2 Å². The molecule has 0 amide bonds. The summed E-state index contributed by atoms with van der Waals surface area (Å²) in [5, 5.41) is 23.8. The summed E-state index contributed by atoms with van der Waals surface area (Å²) in [5.74, 6) is -0.862. The largest absolute Gasteiger partial charge is 0.264 e. The van der Waals surface area contributed by atoms with E-state index in [4.69, 9.17) is 0 Å². The van der Waals surface area contributed by atoms with Crippen molar-refractivity contribution in [1.29, 1.82) is 0 Å². The fourth-order valence-electron chi connectivity index (χ4n) is 3.77. The number of allylic oxidation sites excluding steroid dienone is 1. The van der Waals surface area contributed by atoms with Gasteiger partial charge in [0.1, 0.15) is 5.92 Å². The molecule has 6 nitrogen and oxygen atoms in total. The van der Waals surface area contributed by atoms with Crippen molar-refractivity contribution in [3.8, 4) is 0 Å². The van der Waals surface area contributed by atoms with E-state index < -0.39 is 16.9 Å². The summed E-state index contributed by atoms with van der Waals surface area (Å²) in [4.78, 5) is 23.0. The molecule has 1 aliphatic rings. The number of benzene rings is 2. The molecule has 0 N–H and O–H groups in total. The van der Waals surface area contributed by atoms with Crippen molar-refractivity contribution < 1.29 is 9.85 Å². The Balaban J connectivity index is 2.22. The van der Waals surface area contributed by atoms with Gasteiger partial charge < -0.3 is 0 Å². The molecule has 0 heterocycles. The van der Waals surface area contributed by atoms with Crippen molar-refractivity contribution in [2.75, 3.05) is 0 Å². The van der Waals surface area contributed by atoms with Gasteiger partial charge in [0.25, 0.3) is 5.70 Å². The molecule has 27 heavy (non-hydrogen) atoms. The second-order valence-corrected chi connectivity index (χ2v) is 6.50. The minimum absolute atomic E-state index is 0.0566. The Labute approximate surface area is 157 Å². The molecular formula is C21H20N2O4. The molecule has 0 aliphatic heterocycles. The van der Waals surface area contributed by atoms with Gasteiger partial charge in [-0.15, -0.1) is 0 Å². The highest BCUT2D eigenvalue weighted by Gasteiger charge is 2.48. The van der Waals surface area contributed by atoms with Crippen LogP contribution >= 0.6 is 0 Å². The lowest BCUT2D eigenvalue weighted by Gasteiger charge is -2.27. The first-order chi connectivity index (χ1) is 13.0. The Bertz CT molecular complexity index is 904. The van der Waals surface area contributed by atoms with Crippen LogP contribution in [0.4, 0.5) is 0 Å². The van der Waals surface area contributed by atoms with Crippen molar-refractivity contribution in [3.05, 3.63) is 109 Å². The first-order valence-electron chi connectivity index (χ1n) is 8.84. The van der Waals surface area contributed by atoms with Crippen molar-refractivity contribution in [2.24, 2.45) is 0 Å². The van der Waals surface area contributed by atoms with Gasteiger partial charge in [0.2, 0.25) is 6.04 Å². The third kappa shape index (κ3) is 3.79. The van der Waals surface area contributed by atoms with E-state index in [9.17, 15) is 20.2 Å². The van der Waals surface area contributed by atoms with Gasteiger partial charge in [-0.2, -0.15) is 0 Å². The first-order valence-corrected chi connectivity index (χ1v) is 8.84. The summed E-state index contributed by atoms with van der Waals surface area (Å²) in [5.41, 5.74) is 2.69. The quantitative estimate of drug-likeness (QED) is 0.561. The van der Waals surface area contributed by atoms with Crippen molar-refractivity contribution in [2.45, 2.75) is 31.7 Å². The van der Waals surface area contributed by atoms with Gasteiger partial charge in [-0.25, -0.2) is 0 Å². The van der Waals surface area contributed by atoms with Crippen LogP contribution in [0.15, 0.2) is 77.5 Å². The Morgan fingerprint density at radius 1 is 1.00 bits per heavy atom. The molecule has 2 aromatic carbocycles. The lowest BCUT2D eigenvalue weighted by Crippen LogP contribution is -2.35. The molecular weight excluding hydrogens is 344 g/mol. The molecule has 0 spiro atoms. The van der Waals surface area contributed by atoms with E-state index in [-0.39, 0.29) is 17.0 Å². The maximum absolute atomic E-state index is 12.0. The van der Waals surface area contributed by atoms with Gasteiger partial charge in [0.15, 0.2) is 0 Å². The first kappa shape index (κ1) is 18.5. The fraction of sp³-hybridized carbons (Fsp3) is 0.238. The fourth-order valence-corrected chi connectivity index (χ4v) is 3.77. The minimum atomic E-state index is -1.07. The van der Waals surface area contributed by atoms with Crippen LogP contribution in [0, 0.1) is 20.2 Å². The molecule has 2 unspecified atom stereocenters. The van der Waals surface area contributed by atoms with E-state index in [0.717, 1.165) is 5.56 Å². The molecule has 0 aromatic heterocycles.